The van der Waals surface area contributed by atoms with E-state index in [9.17, 15) is 9.59 Å². The van der Waals surface area contributed by atoms with Gasteiger partial charge >= 0.3 is 12.2 Å². The van der Waals surface area contributed by atoms with Crippen LogP contribution < -0.4 is 9.80 Å². The van der Waals surface area contributed by atoms with Crippen molar-refractivity contribution in [1.82, 2.24) is 9.99 Å². The lowest BCUT2D eigenvalue weighted by Crippen LogP contribution is -2.39. The Morgan fingerprint density at radius 2 is 1.97 bits per heavy atom. The van der Waals surface area contributed by atoms with Crippen molar-refractivity contribution < 1.29 is 19.1 Å². The van der Waals surface area contributed by atoms with E-state index in [0.717, 1.165) is 35.3 Å². The van der Waals surface area contributed by atoms with E-state index >= 15 is 0 Å². The first-order chi connectivity index (χ1) is 15.2. The van der Waals surface area contributed by atoms with Crippen molar-refractivity contribution in [2.75, 3.05) is 42.6 Å². The van der Waals surface area contributed by atoms with Crippen molar-refractivity contribution in [3.63, 3.8) is 0 Å². The molecule has 2 aromatic rings. The summed E-state index contributed by atoms with van der Waals surface area (Å²) in [5.41, 5.74) is 3.97. The molecule has 10 nitrogen and oxygen atoms in total. The van der Waals surface area contributed by atoms with E-state index in [1.165, 1.54) is 4.90 Å². The lowest BCUT2D eigenvalue weighted by molar-refractivity contribution is 0.101. The molecule has 0 radical (unpaired) electrons. The van der Waals surface area contributed by atoms with Crippen LogP contribution in [-0.2, 0) is 15.9 Å². The summed E-state index contributed by atoms with van der Waals surface area (Å²) in [6.45, 7) is 2.90. The molecule has 4 aliphatic heterocycles. The van der Waals surface area contributed by atoms with Gasteiger partial charge in [-0.05, 0) is 41.8 Å². The van der Waals surface area contributed by atoms with Crippen molar-refractivity contribution >= 4 is 23.7 Å². The molecule has 2 amide bonds. The van der Waals surface area contributed by atoms with Crippen LogP contribution in [0, 0.1) is 0 Å². The van der Waals surface area contributed by atoms with Crippen LogP contribution in [0.15, 0.2) is 46.9 Å². The normalized spacial score (nSPS) is 23.9. The molecule has 158 valence electrons. The van der Waals surface area contributed by atoms with Crippen molar-refractivity contribution in [1.29, 1.82) is 0 Å². The molecule has 10 heteroatoms. The Balaban J connectivity index is 1.23. The van der Waals surface area contributed by atoms with Gasteiger partial charge in [0.15, 0.2) is 0 Å². The minimum Gasteiger partial charge on any atom is -0.447 e. The van der Waals surface area contributed by atoms with E-state index in [-0.39, 0.29) is 24.3 Å². The fraction of sp³-hybridized carbons (Fsp3) is 0.381. The third-order valence-electron chi connectivity index (χ3n) is 6.13. The minimum absolute atomic E-state index is 0.0322. The highest BCUT2D eigenvalue weighted by Crippen LogP contribution is 2.41. The molecule has 0 saturated carbocycles. The van der Waals surface area contributed by atoms with E-state index in [2.05, 4.69) is 21.4 Å². The lowest BCUT2D eigenvalue weighted by atomic mass is 10.0. The van der Waals surface area contributed by atoms with Crippen LogP contribution in [0.1, 0.15) is 5.56 Å². The first-order valence-corrected chi connectivity index (χ1v) is 10.3. The quantitative estimate of drug-likeness (QED) is 0.754. The Morgan fingerprint density at radius 3 is 2.71 bits per heavy atom. The van der Waals surface area contributed by atoms with Gasteiger partial charge in [0.2, 0.25) is 0 Å². The molecular formula is C21H20N6O4. The molecular weight excluding hydrogens is 400 g/mol. The lowest BCUT2D eigenvalue weighted by Gasteiger charge is -2.20. The number of carbonyl (C=O) groups is 2. The zero-order chi connectivity index (χ0) is 20.9. The van der Waals surface area contributed by atoms with Gasteiger partial charge in [0.05, 0.1) is 37.9 Å². The largest absolute Gasteiger partial charge is 0.447 e. The third kappa shape index (κ3) is 2.97. The van der Waals surface area contributed by atoms with E-state index in [0.29, 0.717) is 32.1 Å². The highest BCUT2D eigenvalue weighted by molar-refractivity contribution is 5.94. The van der Waals surface area contributed by atoms with Crippen LogP contribution in [-0.4, -0.2) is 67.1 Å². The van der Waals surface area contributed by atoms with Crippen LogP contribution in [0.25, 0.3) is 11.1 Å². The number of ether oxygens (including phenoxy) is 2. The molecule has 0 spiro atoms. The molecule has 1 aromatic carbocycles. The molecule has 6 rings (SSSR count). The Bertz CT molecular complexity index is 1090. The van der Waals surface area contributed by atoms with E-state index in [1.807, 2.05) is 29.3 Å². The number of carbonyl (C=O) groups excluding carboxylic acids is 2. The van der Waals surface area contributed by atoms with Crippen LogP contribution in [0.2, 0.25) is 0 Å². The molecule has 1 unspecified atom stereocenters. The highest BCUT2D eigenvalue weighted by Gasteiger charge is 2.48. The number of hydrogen-bond acceptors (Lipinski definition) is 8. The smallest absolute Gasteiger partial charge is 0.415 e. The highest BCUT2D eigenvalue weighted by atomic mass is 16.6. The molecule has 2 atom stereocenters. The molecule has 0 N–H and O–H groups in total. The average molecular weight is 420 g/mol. The van der Waals surface area contributed by atoms with Gasteiger partial charge in [-0.3, -0.25) is 14.8 Å². The van der Waals surface area contributed by atoms with E-state index in [1.54, 1.807) is 11.1 Å². The van der Waals surface area contributed by atoms with Crippen LogP contribution in [0.4, 0.5) is 21.1 Å². The van der Waals surface area contributed by atoms with Crippen molar-refractivity contribution in [3.05, 3.63) is 42.1 Å². The zero-order valence-corrected chi connectivity index (χ0v) is 16.7. The number of amides is 2. The topological polar surface area (TPSA) is 99.9 Å². The summed E-state index contributed by atoms with van der Waals surface area (Å²) >= 11 is 0. The second kappa shape index (κ2) is 6.93. The standard InChI is InChI=1S/C21H20N6O4/c28-20-26(7-8-30-20)19-4-2-14(11-22-19)13-1-3-16-15(9-13)10-17-18(31-21(29)27(16)17)12-25-6-5-23-24-25/h1-4,9,11,17-18H,5-8,10,12H2/t17?,18-/m0/s1. The summed E-state index contributed by atoms with van der Waals surface area (Å²) < 4.78 is 10.6. The fourth-order valence-electron chi connectivity index (χ4n) is 4.61. The first kappa shape index (κ1) is 18.1. The molecule has 0 bridgehead atoms. The second-order valence-corrected chi connectivity index (χ2v) is 7.95. The van der Waals surface area contributed by atoms with Gasteiger partial charge < -0.3 is 9.47 Å². The third-order valence-corrected chi connectivity index (χ3v) is 6.13. The van der Waals surface area contributed by atoms with Crippen LogP contribution in [0.3, 0.4) is 0 Å². The number of benzene rings is 1. The summed E-state index contributed by atoms with van der Waals surface area (Å²) in [6, 6.07) is 9.80. The van der Waals surface area contributed by atoms with Crippen LogP contribution in [0.5, 0.6) is 0 Å². The number of aromatic nitrogens is 1. The van der Waals surface area contributed by atoms with Crippen molar-refractivity contribution in [2.24, 2.45) is 10.3 Å². The minimum atomic E-state index is -0.366. The monoisotopic (exact) mass is 420 g/mol. The number of anilines is 2. The summed E-state index contributed by atoms with van der Waals surface area (Å²) in [5, 5.41) is 9.94. The Morgan fingerprint density at radius 1 is 1.06 bits per heavy atom. The molecule has 1 aromatic heterocycles. The molecule has 31 heavy (non-hydrogen) atoms. The van der Waals surface area contributed by atoms with Gasteiger partial charge in [-0.15, -0.1) is 0 Å². The van der Waals surface area contributed by atoms with Gasteiger partial charge in [0.25, 0.3) is 0 Å². The fourth-order valence-corrected chi connectivity index (χ4v) is 4.61. The van der Waals surface area contributed by atoms with Crippen molar-refractivity contribution in [2.45, 2.75) is 18.6 Å². The number of nitrogens with zero attached hydrogens (tertiary/aromatic N) is 6. The van der Waals surface area contributed by atoms with E-state index < -0.39 is 0 Å². The number of pyridine rings is 1. The Hall–Kier alpha value is -3.69. The maximum Gasteiger partial charge on any atom is 0.415 e. The van der Waals surface area contributed by atoms with Gasteiger partial charge in [0.1, 0.15) is 18.5 Å². The van der Waals surface area contributed by atoms with Gasteiger partial charge in [0, 0.05) is 11.8 Å². The Labute approximate surface area is 178 Å². The van der Waals surface area contributed by atoms with Crippen molar-refractivity contribution in [3.8, 4) is 11.1 Å². The summed E-state index contributed by atoms with van der Waals surface area (Å²) in [6.07, 6.45) is 1.59. The van der Waals surface area contributed by atoms with Crippen LogP contribution >= 0.6 is 0 Å². The maximum absolute atomic E-state index is 12.5. The molecule has 5 heterocycles. The number of rotatable bonds is 4. The number of hydrogen-bond donors (Lipinski definition) is 0. The van der Waals surface area contributed by atoms with Gasteiger partial charge in [-0.25, -0.2) is 14.6 Å². The van der Waals surface area contributed by atoms with Gasteiger partial charge in [-0.1, -0.05) is 11.3 Å². The number of fused-ring (bicyclic) bond motifs is 3. The average Bonchev–Trinajstić information content (AvgIpc) is 3.55. The maximum atomic E-state index is 12.5. The summed E-state index contributed by atoms with van der Waals surface area (Å²) in [7, 11) is 0. The molecule has 0 aliphatic carbocycles. The zero-order valence-electron chi connectivity index (χ0n) is 16.7. The summed E-state index contributed by atoms with van der Waals surface area (Å²) in [5.74, 6) is 0.581. The Kier molecular flexibility index (Phi) is 4.05. The predicted molar refractivity (Wildman–Crippen MR) is 110 cm³/mol. The number of cyclic esters (lactones) is 2. The van der Waals surface area contributed by atoms with E-state index in [4.69, 9.17) is 9.47 Å². The predicted octanol–water partition coefficient (Wildman–Crippen LogP) is 2.64. The summed E-state index contributed by atoms with van der Waals surface area (Å²) in [4.78, 5) is 32.0. The van der Waals surface area contributed by atoms with Gasteiger partial charge in [-0.2, -0.15) is 5.11 Å². The molecule has 4 aliphatic rings. The second-order valence-electron chi connectivity index (χ2n) is 7.95. The molecule has 2 fully saturated rings. The molecule has 2 saturated heterocycles. The SMILES string of the molecule is O=C1OCCN1c1ccc(-c2ccc3c(c2)CC2[C@H](CN4CCN=N4)OC(=O)N32)cn1. The first-order valence-electron chi connectivity index (χ1n) is 10.3.